The van der Waals surface area contributed by atoms with Crippen LogP contribution in [0, 0.1) is 5.82 Å². The summed E-state index contributed by atoms with van der Waals surface area (Å²) in [5.74, 6) is -0.446. The Morgan fingerprint density at radius 1 is 1.25 bits per heavy atom. The molecule has 154 valence electrons. The number of ether oxygens (including phenoxy) is 2. The molecule has 0 N–H and O–H groups in total. The van der Waals surface area contributed by atoms with E-state index in [0.29, 0.717) is 26.1 Å². The van der Waals surface area contributed by atoms with Crippen molar-refractivity contribution in [1.82, 2.24) is 4.90 Å². The first-order valence-electron chi connectivity index (χ1n) is 10.1. The molecule has 1 heterocycles. The fourth-order valence-corrected chi connectivity index (χ4v) is 4.56. The normalized spacial score (nSPS) is 20.8. The van der Waals surface area contributed by atoms with Crippen molar-refractivity contribution < 1.29 is 23.5 Å². The van der Waals surface area contributed by atoms with Crippen LogP contribution in [0.5, 0.6) is 0 Å². The maximum Gasteiger partial charge on any atom is 0.410 e. The van der Waals surface area contributed by atoms with Gasteiger partial charge in [0.15, 0.2) is 0 Å². The van der Waals surface area contributed by atoms with E-state index in [0.717, 1.165) is 30.4 Å². The number of carbonyl (C=O) groups excluding carboxylic acids is 2. The molecule has 1 fully saturated rings. The van der Waals surface area contributed by atoms with Gasteiger partial charge in [-0.3, -0.25) is 4.79 Å². The number of amides is 1. The van der Waals surface area contributed by atoms with Gasteiger partial charge in [0.25, 0.3) is 0 Å². The van der Waals surface area contributed by atoms with Gasteiger partial charge < -0.3 is 14.4 Å². The zero-order chi connectivity index (χ0) is 20.5. The molecule has 3 rings (SSSR count). The number of fused-ring (bicyclic) bond motifs is 2. The van der Waals surface area contributed by atoms with Crippen molar-refractivity contribution in [2.45, 2.75) is 70.3 Å². The summed E-state index contributed by atoms with van der Waals surface area (Å²) < 4.78 is 24.6. The average Bonchev–Trinajstić information content (AvgIpc) is 2.87. The highest BCUT2D eigenvalue weighted by atomic mass is 19.1. The SMILES string of the molecule is CCOC(=O)CC1CC2(CCN(C(=O)OC(C)(C)C)CC2)c2cc(F)ccc21. The lowest BCUT2D eigenvalue weighted by molar-refractivity contribution is -0.143. The van der Waals surface area contributed by atoms with Gasteiger partial charge in [-0.1, -0.05) is 6.07 Å². The first-order valence-corrected chi connectivity index (χ1v) is 10.1. The second-order valence-electron chi connectivity index (χ2n) is 8.89. The summed E-state index contributed by atoms with van der Waals surface area (Å²) in [4.78, 5) is 26.2. The third-order valence-electron chi connectivity index (χ3n) is 5.75. The van der Waals surface area contributed by atoms with Gasteiger partial charge >= 0.3 is 12.1 Å². The molecular formula is C22H30FNO4. The smallest absolute Gasteiger partial charge is 0.410 e. The molecule has 28 heavy (non-hydrogen) atoms. The molecule has 1 atom stereocenters. The van der Waals surface area contributed by atoms with Crippen molar-refractivity contribution in [3.05, 3.63) is 35.1 Å². The lowest BCUT2D eigenvalue weighted by Crippen LogP contribution is -2.46. The van der Waals surface area contributed by atoms with E-state index in [1.54, 1.807) is 17.9 Å². The average molecular weight is 391 g/mol. The molecule has 1 spiro atoms. The van der Waals surface area contributed by atoms with Crippen LogP contribution < -0.4 is 0 Å². The molecule has 1 aliphatic heterocycles. The molecule has 2 aliphatic rings. The highest BCUT2D eigenvalue weighted by Gasteiger charge is 2.47. The number of carbonyl (C=O) groups is 2. The predicted molar refractivity (Wildman–Crippen MR) is 104 cm³/mol. The minimum absolute atomic E-state index is 0.0303. The fraction of sp³-hybridized carbons (Fsp3) is 0.636. The summed E-state index contributed by atoms with van der Waals surface area (Å²) in [5.41, 5.74) is 1.30. The third-order valence-corrected chi connectivity index (χ3v) is 5.75. The van der Waals surface area contributed by atoms with Gasteiger partial charge in [-0.15, -0.1) is 0 Å². The summed E-state index contributed by atoms with van der Waals surface area (Å²) in [6.07, 6.45) is 2.27. The quantitative estimate of drug-likeness (QED) is 0.710. The minimum Gasteiger partial charge on any atom is -0.466 e. The van der Waals surface area contributed by atoms with Gasteiger partial charge in [0.2, 0.25) is 0 Å². The lowest BCUT2D eigenvalue weighted by atomic mass is 9.73. The Morgan fingerprint density at radius 3 is 2.54 bits per heavy atom. The number of nitrogens with zero attached hydrogens (tertiary/aromatic N) is 1. The zero-order valence-electron chi connectivity index (χ0n) is 17.2. The van der Waals surface area contributed by atoms with Gasteiger partial charge in [0, 0.05) is 13.1 Å². The summed E-state index contributed by atoms with van der Waals surface area (Å²) >= 11 is 0. The maximum atomic E-state index is 14.0. The van der Waals surface area contributed by atoms with E-state index in [1.807, 2.05) is 26.8 Å². The van der Waals surface area contributed by atoms with Crippen LogP contribution in [-0.4, -0.2) is 42.3 Å². The predicted octanol–water partition coefficient (Wildman–Crippen LogP) is 4.53. The van der Waals surface area contributed by atoms with Crippen molar-refractivity contribution in [1.29, 1.82) is 0 Å². The molecular weight excluding hydrogens is 361 g/mol. The van der Waals surface area contributed by atoms with Gasteiger partial charge in [0.05, 0.1) is 13.0 Å². The van der Waals surface area contributed by atoms with Crippen LogP contribution in [-0.2, 0) is 19.7 Å². The van der Waals surface area contributed by atoms with E-state index < -0.39 is 5.60 Å². The van der Waals surface area contributed by atoms with Crippen molar-refractivity contribution in [2.24, 2.45) is 0 Å². The number of esters is 1. The van der Waals surface area contributed by atoms with Crippen molar-refractivity contribution in [3.8, 4) is 0 Å². The Bertz CT molecular complexity index is 747. The lowest BCUT2D eigenvalue weighted by Gasteiger charge is -2.40. The molecule has 0 aromatic heterocycles. The van der Waals surface area contributed by atoms with E-state index in [4.69, 9.17) is 9.47 Å². The van der Waals surface area contributed by atoms with Crippen molar-refractivity contribution in [3.63, 3.8) is 0 Å². The van der Waals surface area contributed by atoms with Crippen LogP contribution in [0.3, 0.4) is 0 Å². The van der Waals surface area contributed by atoms with Gasteiger partial charge in [-0.25, -0.2) is 9.18 Å². The van der Waals surface area contributed by atoms with Gasteiger partial charge in [-0.05, 0) is 81.5 Å². The van der Waals surface area contributed by atoms with Crippen LogP contribution in [0.2, 0.25) is 0 Å². The summed E-state index contributed by atoms with van der Waals surface area (Å²) in [6, 6.07) is 4.89. The number of benzene rings is 1. The molecule has 5 nitrogen and oxygen atoms in total. The molecule has 1 amide bonds. The van der Waals surface area contributed by atoms with Crippen LogP contribution in [0.15, 0.2) is 18.2 Å². The molecule has 1 saturated heterocycles. The van der Waals surface area contributed by atoms with Gasteiger partial charge in [0.1, 0.15) is 11.4 Å². The number of hydrogen-bond acceptors (Lipinski definition) is 4. The molecule has 0 radical (unpaired) electrons. The Hall–Kier alpha value is -2.11. The van der Waals surface area contributed by atoms with Gasteiger partial charge in [-0.2, -0.15) is 0 Å². The first-order chi connectivity index (χ1) is 13.1. The highest BCUT2D eigenvalue weighted by Crippen LogP contribution is 2.53. The molecule has 1 aromatic rings. The Balaban J connectivity index is 1.77. The number of piperidine rings is 1. The fourth-order valence-electron chi connectivity index (χ4n) is 4.56. The Morgan fingerprint density at radius 2 is 1.93 bits per heavy atom. The van der Waals surface area contributed by atoms with Crippen LogP contribution >= 0.6 is 0 Å². The molecule has 0 saturated carbocycles. The molecule has 1 aliphatic carbocycles. The Labute approximate surface area is 166 Å². The molecule has 1 unspecified atom stereocenters. The topological polar surface area (TPSA) is 55.8 Å². The number of hydrogen-bond donors (Lipinski definition) is 0. The second-order valence-corrected chi connectivity index (χ2v) is 8.89. The second kappa shape index (κ2) is 7.72. The van der Waals surface area contributed by atoms with E-state index in [-0.39, 0.29) is 29.2 Å². The number of likely N-dealkylation sites (tertiary alicyclic amines) is 1. The highest BCUT2D eigenvalue weighted by molar-refractivity contribution is 5.71. The van der Waals surface area contributed by atoms with Crippen molar-refractivity contribution in [2.75, 3.05) is 19.7 Å². The minimum atomic E-state index is -0.528. The van der Waals surface area contributed by atoms with E-state index in [2.05, 4.69) is 0 Å². The molecule has 0 bridgehead atoms. The van der Waals surface area contributed by atoms with Crippen LogP contribution in [0.4, 0.5) is 9.18 Å². The molecule has 1 aromatic carbocycles. The standard InChI is InChI=1S/C22H30FNO4/c1-5-27-19(25)12-15-14-22(18-13-16(23)6-7-17(15)18)8-10-24(11-9-22)20(26)28-21(2,3)4/h6-7,13,15H,5,8-12,14H2,1-4H3. The summed E-state index contributed by atoms with van der Waals surface area (Å²) in [6.45, 7) is 8.85. The van der Waals surface area contributed by atoms with Crippen LogP contribution in [0.1, 0.15) is 70.4 Å². The number of rotatable bonds is 3. The summed E-state index contributed by atoms with van der Waals surface area (Å²) in [7, 11) is 0. The third kappa shape index (κ3) is 4.31. The summed E-state index contributed by atoms with van der Waals surface area (Å²) in [5, 5.41) is 0. The first kappa shape index (κ1) is 20.6. The van der Waals surface area contributed by atoms with E-state index in [1.165, 1.54) is 6.07 Å². The zero-order valence-corrected chi connectivity index (χ0v) is 17.2. The van der Waals surface area contributed by atoms with Crippen LogP contribution in [0.25, 0.3) is 0 Å². The number of halogens is 1. The Kier molecular flexibility index (Phi) is 5.69. The van der Waals surface area contributed by atoms with Crippen molar-refractivity contribution >= 4 is 12.1 Å². The monoisotopic (exact) mass is 391 g/mol. The van der Waals surface area contributed by atoms with E-state index in [9.17, 15) is 14.0 Å². The molecule has 6 heteroatoms. The van der Waals surface area contributed by atoms with E-state index >= 15 is 0 Å². The largest absolute Gasteiger partial charge is 0.466 e. The maximum absolute atomic E-state index is 14.0.